The van der Waals surface area contributed by atoms with Crippen molar-refractivity contribution in [3.05, 3.63) is 168 Å². The predicted octanol–water partition coefficient (Wildman–Crippen LogP) is 14.5. The van der Waals surface area contributed by atoms with Crippen LogP contribution in [0.4, 0.5) is 4.39 Å². The van der Waals surface area contributed by atoms with Gasteiger partial charge >= 0.3 is 11.9 Å². The van der Waals surface area contributed by atoms with Crippen molar-refractivity contribution in [1.82, 2.24) is 9.80 Å². The number of amides is 2. The van der Waals surface area contributed by atoms with Crippen LogP contribution >= 0.6 is 46.4 Å². The lowest BCUT2D eigenvalue weighted by atomic mass is 9.66. The summed E-state index contributed by atoms with van der Waals surface area (Å²) in [7, 11) is -5.92. The Morgan fingerprint density at radius 2 is 1.21 bits per heavy atom. The average Bonchev–Trinajstić information content (AvgIpc) is 1.49. The van der Waals surface area contributed by atoms with Crippen LogP contribution in [0.5, 0.6) is 5.75 Å². The van der Waals surface area contributed by atoms with E-state index >= 15 is 9.18 Å². The lowest BCUT2D eigenvalue weighted by molar-refractivity contribution is -0.161. The second kappa shape index (κ2) is 27.3. The fraction of sp³-hybridized carbons (Fsp3) is 0.470. The number of halogens is 5. The molecule has 8 atom stereocenters. The van der Waals surface area contributed by atoms with E-state index in [0.717, 1.165) is 29.5 Å². The summed E-state index contributed by atoms with van der Waals surface area (Å²) in [4.78, 5) is 70.1. The number of likely N-dealkylation sites (tertiary alicyclic amines) is 2. The largest absolute Gasteiger partial charge is 0.496 e. The molecule has 470 valence electrons. The molecular weight excluding hydrogens is 1240 g/mol. The predicted molar refractivity (Wildman–Crippen MR) is 339 cm³/mol. The van der Waals surface area contributed by atoms with Crippen molar-refractivity contribution >= 4 is 95.6 Å². The highest BCUT2D eigenvalue weighted by molar-refractivity contribution is 7.92. The second-order valence-corrected chi connectivity index (χ2v) is 32.8. The average molecular weight is 1320 g/mol. The molecule has 3 fully saturated rings. The zero-order valence-corrected chi connectivity index (χ0v) is 55.2. The van der Waals surface area contributed by atoms with Gasteiger partial charge in [-0.3, -0.25) is 19.2 Å². The highest BCUT2D eigenvalue weighted by atomic mass is 35.5. The first-order chi connectivity index (χ1) is 40.5. The Balaban J connectivity index is 0.000000260. The van der Waals surface area contributed by atoms with E-state index in [0.29, 0.717) is 26.2 Å². The van der Waals surface area contributed by atoms with Gasteiger partial charge in [0.25, 0.3) is 0 Å². The Morgan fingerprint density at radius 1 is 0.678 bits per heavy atom. The number of aromatic carboxylic acids is 1. The lowest BCUT2D eigenvalue weighted by Gasteiger charge is -2.52. The van der Waals surface area contributed by atoms with E-state index in [4.69, 9.17) is 51.1 Å². The van der Waals surface area contributed by atoms with E-state index in [1.807, 2.05) is 50.2 Å². The lowest BCUT2D eigenvalue weighted by Crippen LogP contribution is -2.59. The molecule has 0 aromatic heterocycles. The summed E-state index contributed by atoms with van der Waals surface area (Å²) in [6.45, 7) is 15.3. The quantitative estimate of drug-likeness (QED) is 0.0703. The van der Waals surface area contributed by atoms with E-state index in [-0.39, 0.29) is 95.3 Å². The number of Topliss-reactive ketones (excluding diaryl/α,β-unsaturated/α-hetero) is 1. The number of hydrogen-bond donors (Lipinski definition) is 2. The molecule has 87 heavy (non-hydrogen) atoms. The van der Waals surface area contributed by atoms with Crippen molar-refractivity contribution in [2.75, 3.05) is 18.6 Å². The topological polar surface area (TPSA) is 210 Å². The summed E-state index contributed by atoms with van der Waals surface area (Å²) in [5.41, 5.74) is 0.835. The maximum absolute atomic E-state index is 15.2. The smallest absolute Gasteiger partial charge is 0.339 e. The number of carboxylic acids is 2. The molecule has 5 aromatic carbocycles. The van der Waals surface area contributed by atoms with E-state index in [2.05, 4.69) is 0 Å². The summed E-state index contributed by atoms with van der Waals surface area (Å²) in [6, 6.07) is 27.8. The van der Waals surface area contributed by atoms with Crippen molar-refractivity contribution in [2.24, 2.45) is 22.7 Å². The molecule has 5 aromatic rings. The minimum atomic E-state index is -3.73. The fourth-order valence-corrected chi connectivity index (χ4v) is 15.8. The third-order valence-corrected chi connectivity index (χ3v) is 23.3. The van der Waals surface area contributed by atoms with Crippen LogP contribution < -0.4 is 4.74 Å². The van der Waals surface area contributed by atoms with Crippen LogP contribution in [-0.4, -0.2) is 107 Å². The van der Waals surface area contributed by atoms with Gasteiger partial charge in [-0.15, -0.1) is 0 Å². The molecule has 1 unspecified atom stereocenters. The number of carbonyl (C=O) groups excluding carboxylic acids is 3. The Hall–Kier alpha value is -5.56. The van der Waals surface area contributed by atoms with Gasteiger partial charge in [-0.25, -0.2) is 26.0 Å². The Morgan fingerprint density at radius 3 is 1.68 bits per heavy atom. The van der Waals surface area contributed by atoms with Gasteiger partial charge in [0.15, 0.2) is 19.7 Å². The molecule has 2 amide bonds. The number of hydrogen-bond acceptors (Lipinski definition) is 10. The first kappa shape index (κ1) is 68.9. The molecule has 1 saturated carbocycles. The molecule has 21 heteroatoms. The van der Waals surface area contributed by atoms with Crippen molar-refractivity contribution < 1.29 is 60.1 Å². The first-order valence-corrected chi connectivity index (χ1v) is 33.8. The standard InChI is InChI=1S/C38H42Cl2FNO7S.C28H35Cl2NO5S/c1-37(2,3)50(47,48)21-32(23-10-11-23)42-34(25-12-14-30(40)31(41)18-25)29(24-7-6-8-26(39)17-24)20-38(4,36(42)46)19-27(43)15-22-9-13-28(35(44)45)33(16-22)49-5;1-17(2)24(16-37(35,36)18(3)4)31-26(19-9-11-21(29)12-10-19)23(20-7-6-8-22(30)13-20)14-28(5,27(31)34)15-25(32)33/h6-9,12-14,16-18,23,29,32,34H,10-11,15,19-21H2,1-5H3,(H,44,45);6-13,17-18,23-24,26H,14-16H2,1-5H3,(H,32,33)/t29-,32-,34-,38+;23?,24-,26-,28-/m11/s1. The van der Waals surface area contributed by atoms with Gasteiger partial charge in [-0.05, 0) is 161 Å². The highest BCUT2D eigenvalue weighted by Crippen LogP contribution is 2.56. The normalized spacial score (nSPS) is 22.6. The SMILES string of the molecule is CC(C)[C@@H](CS(=O)(=O)C(C)C)N1C(=O)[C@@](C)(CC(=O)O)CC(c2cccc(Cl)c2)[C@H]1c1ccc(Cl)cc1.COc1cc(CC(=O)C[C@@]2(C)C[C@H](c3cccc(Cl)c3)[C@@H](c3ccc(Cl)c(F)c3)N([C@H](CS(=O)(=O)C(C)(C)C)C3CC3)C2=O)ccc1C(=O)O. The zero-order valence-electron chi connectivity index (χ0n) is 50.5. The maximum atomic E-state index is 15.2. The van der Waals surface area contributed by atoms with Gasteiger partial charge in [-0.2, -0.15) is 0 Å². The molecule has 2 N–H and O–H groups in total. The number of aliphatic carboxylic acids is 1. The van der Waals surface area contributed by atoms with Crippen LogP contribution in [-0.2, 0) is 45.3 Å². The van der Waals surface area contributed by atoms with Gasteiger partial charge in [0.1, 0.15) is 22.9 Å². The molecule has 2 aliphatic heterocycles. The fourth-order valence-electron chi connectivity index (χ4n) is 12.4. The number of carboxylic acid groups (broad SMARTS) is 2. The van der Waals surface area contributed by atoms with Gasteiger partial charge < -0.3 is 24.7 Å². The molecule has 0 spiro atoms. The van der Waals surface area contributed by atoms with Gasteiger partial charge in [-0.1, -0.05) is 123 Å². The monoisotopic (exact) mass is 1310 g/mol. The number of carbonyl (C=O) groups is 5. The van der Waals surface area contributed by atoms with Crippen LogP contribution in [0.2, 0.25) is 20.1 Å². The number of ketones is 1. The van der Waals surface area contributed by atoms with Crippen molar-refractivity contribution in [2.45, 2.75) is 153 Å². The molecule has 14 nitrogen and oxygen atoms in total. The van der Waals surface area contributed by atoms with E-state index in [9.17, 15) is 46.2 Å². The number of nitrogens with zero attached hydrogens (tertiary/aromatic N) is 2. The molecule has 2 heterocycles. The van der Waals surface area contributed by atoms with E-state index < -0.39 is 88.3 Å². The zero-order chi connectivity index (χ0) is 64.5. The summed E-state index contributed by atoms with van der Waals surface area (Å²) >= 11 is 25.1. The Labute approximate surface area is 530 Å². The molecule has 8 rings (SSSR count). The molecule has 1 aliphatic carbocycles. The van der Waals surface area contributed by atoms with E-state index in [1.54, 1.807) is 107 Å². The van der Waals surface area contributed by atoms with Crippen LogP contribution in [0.25, 0.3) is 0 Å². The Bertz CT molecular complexity index is 3630. The first-order valence-electron chi connectivity index (χ1n) is 29.0. The molecule has 0 radical (unpaired) electrons. The molecular formula is C66H77Cl4FN2O12S2. The summed E-state index contributed by atoms with van der Waals surface area (Å²) in [6.07, 6.45) is 1.28. The summed E-state index contributed by atoms with van der Waals surface area (Å²) in [5.74, 6) is -5.46. The van der Waals surface area contributed by atoms with Crippen LogP contribution in [0, 0.1) is 28.5 Å². The molecule has 0 bridgehead atoms. The van der Waals surface area contributed by atoms with Gasteiger partial charge in [0, 0.05) is 51.8 Å². The van der Waals surface area contributed by atoms with Crippen molar-refractivity contribution in [3.63, 3.8) is 0 Å². The van der Waals surface area contributed by atoms with Crippen molar-refractivity contribution in [1.29, 1.82) is 0 Å². The number of ether oxygens (including phenoxy) is 1. The number of methoxy groups -OCH3 is 1. The summed E-state index contributed by atoms with van der Waals surface area (Å²) in [5, 5.41) is 20.1. The number of rotatable bonds is 21. The maximum Gasteiger partial charge on any atom is 0.339 e. The third kappa shape index (κ3) is 15.9. The minimum absolute atomic E-state index is 0.0425. The number of piperidine rings is 2. The second-order valence-electron chi connectivity index (χ2n) is 25.7. The number of benzene rings is 5. The van der Waals surface area contributed by atoms with Crippen LogP contribution in [0.1, 0.15) is 163 Å². The van der Waals surface area contributed by atoms with Crippen molar-refractivity contribution in [3.8, 4) is 5.75 Å². The molecule has 2 saturated heterocycles. The highest BCUT2D eigenvalue weighted by Gasteiger charge is 2.57. The van der Waals surface area contributed by atoms with Gasteiger partial charge in [0.2, 0.25) is 11.8 Å². The van der Waals surface area contributed by atoms with Crippen LogP contribution in [0.15, 0.2) is 109 Å². The summed E-state index contributed by atoms with van der Waals surface area (Å²) < 4.78 is 73.2. The Kier molecular flexibility index (Phi) is 21.6. The molecule has 3 aliphatic rings. The van der Waals surface area contributed by atoms with Crippen LogP contribution in [0.3, 0.4) is 0 Å². The third-order valence-electron chi connectivity index (χ3n) is 17.4. The van der Waals surface area contributed by atoms with Gasteiger partial charge in [0.05, 0.1) is 63.0 Å². The number of sulfone groups is 2. The van der Waals surface area contributed by atoms with E-state index in [1.165, 1.54) is 31.4 Å². The minimum Gasteiger partial charge on any atom is -0.496 e.